The number of nitrogens with two attached hydrogens (primary N) is 1. The fraction of sp³-hybridized carbons (Fsp3) is 0.571. The molecule has 2 atom stereocenters. The summed E-state index contributed by atoms with van der Waals surface area (Å²) in [6.07, 6.45) is 2.39. The van der Waals surface area contributed by atoms with Crippen molar-refractivity contribution in [2.24, 2.45) is 0 Å². The summed E-state index contributed by atoms with van der Waals surface area (Å²) in [5.41, 5.74) is 8.01. The highest BCUT2D eigenvalue weighted by atomic mass is 16.5. The summed E-state index contributed by atoms with van der Waals surface area (Å²) in [5, 5.41) is 3.61. The molecule has 94 valence electrons. The molecular weight excluding hydrogens is 212 g/mol. The third-order valence-electron chi connectivity index (χ3n) is 3.78. The van der Waals surface area contributed by atoms with Crippen molar-refractivity contribution in [2.45, 2.75) is 38.3 Å². The third-order valence-corrected chi connectivity index (χ3v) is 3.78. The topological polar surface area (TPSA) is 47.3 Å². The standard InChI is InChI=1S/C14H22N2O/c1-11-14(2,7-9-17-11)16-8-6-12-4-3-5-13(15)10-12/h3-5,10-11,16H,6-9,15H2,1-2H3. The zero-order valence-electron chi connectivity index (χ0n) is 10.7. The van der Waals surface area contributed by atoms with E-state index in [1.807, 2.05) is 18.2 Å². The second-order valence-corrected chi connectivity index (χ2v) is 5.10. The van der Waals surface area contributed by atoms with Gasteiger partial charge < -0.3 is 15.8 Å². The smallest absolute Gasteiger partial charge is 0.0726 e. The molecule has 1 aromatic rings. The second kappa shape index (κ2) is 5.07. The molecule has 3 nitrogen and oxygen atoms in total. The molecule has 0 aromatic heterocycles. The number of nitrogen functional groups attached to an aromatic ring is 1. The maximum atomic E-state index is 5.76. The first-order chi connectivity index (χ1) is 8.10. The molecule has 3 N–H and O–H groups in total. The van der Waals surface area contributed by atoms with Gasteiger partial charge in [0.1, 0.15) is 0 Å². The highest BCUT2D eigenvalue weighted by Crippen LogP contribution is 2.24. The molecule has 3 heteroatoms. The maximum Gasteiger partial charge on any atom is 0.0726 e. The lowest BCUT2D eigenvalue weighted by Crippen LogP contribution is -2.48. The van der Waals surface area contributed by atoms with Crippen LogP contribution in [-0.4, -0.2) is 24.8 Å². The van der Waals surface area contributed by atoms with Crippen molar-refractivity contribution in [1.82, 2.24) is 5.32 Å². The van der Waals surface area contributed by atoms with Gasteiger partial charge in [0.05, 0.1) is 6.10 Å². The zero-order chi connectivity index (χ0) is 12.3. The van der Waals surface area contributed by atoms with Crippen LogP contribution in [0.5, 0.6) is 0 Å². The first-order valence-corrected chi connectivity index (χ1v) is 6.31. The second-order valence-electron chi connectivity index (χ2n) is 5.10. The molecule has 1 saturated heterocycles. The van der Waals surface area contributed by atoms with Crippen LogP contribution in [-0.2, 0) is 11.2 Å². The predicted octanol–water partition coefficient (Wildman–Crippen LogP) is 1.97. The van der Waals surface area contributed by atoms with E-state index in [-0.39, 0.29) is 5.54 Å². The van der Waals surface area contributed by atoms with Crippen LogP contribution in [0.2, 0.25) is 0 Å². The van der Waals surface area contributed by atoms with Crippen molar-refractivity contribution in [1.29, 1.82) is 0 Å². The number of benzene rings is 1. The lowest BCUT2D eigenvalue weighted by atomic mass is 9.94. The number of ether oxygens (including phenoxy) is 1. The molecular formula is C14H22N2O. The molecule has 1 aromatic carbocycles. The van der Waals surface area contributed by atoms with Crippen molar-refractivity contribution in [3.8, 4) is 0 Å². The van der Waals surface area contributed by atoms with Crippen LogP contribution in [0.4, 0.5) is 5.69 Å². The molecule has 2 unspecified atom stereocenters. The number of anilines is 1. The van der Waals surface area contributed by atoms with Gasteiger partial charge in [0, 0.05) is 17.8 Å². The lowest BCUT2D eigenvalue weighted by Gasteiger charge is -2.29. The molecule has 0 amide bonds. The summed E-state index contributed by atoms with van der Waals surface area (Å²) < 4.78 is 5.61. The monoisotopic (exact) mass is 234 g/mol. The Bertz CT molecular complexity index is 380. The van der Waals surface area contributed by atoms with E-state index in [1.54, 1.807) is 0 Å². The quantitative estimate of drug-likeness (QED) is 0.783. The van der Waals surface area contributed by atoms with E-state index in [0.717, 1.165) is 31.7 Å². The molecule has 17 heavy (non-hydrogen) atoms. The summed E-state index contributed by atoms with van der Waals surface area (Å²) in [4.78, 5) is 0. The fourth-order valence-electron chi connectivity index (χ4n) is 2.31. The van der Waals surface area contributed by atoms with Crippen LogP contribution < -0.4 is 11.1 Å². The number of nitrogens with one attached hydrogen (secondary N) is 1. The van der Waals surface area contributed by atoms with Crippen molar-refractivity contribution in [3.63, 3.8) is 0 Å². The first kappa shape index (κ1) is 12.4. The highest BCUT2D eigenvalue weighted by Gasteiger charge is 2.35. The van der Waals surface area contributed by atoms with Gasteiger partial charge in [-0.2, -0.15) is 0 Å². The molecule has 0 saturated carbocycles. The van der Waals surface area contributed by atoms with Crippen molar-refractivity contribution in [3.05, 3.63) is 29.8 Å². The first-order valence-electron chi connectivity index (χ1n) is 6.31. The Hall–Kier alpha value is -1.06. The Morgan fingerprint density at radius 2 is 2.35 bits per heavy atom. The van der Waals surface area contributed by atoms with Crippen LogP contribution in [0.25, 0.3) is 0 Å². The van der Waals surface area contributed by atoms with Gasteiger partial charge in [-0.25, -0.2) is 0 Å². The van der Waals surface area contributed by atoms with Gasteiger partial charge in [0.15, 0.2) is 0 Å². The zero-order valence-corrected chi connectivity index (χ0v) is 10.7. The minimum Gasteiger partial charge on any atom is -0.399 e. The van der Waals surface area contributed by atoms with Crippen LogP contribution >= 0.6 is 0 Å². The van der Waals surface area contributed by atoms with Crippen LogP contribution in [0.3, 0.4) is 0 Å². The summed E-state index contributed by atoms with van der Waals surface area (Å²) in [6.45, 7) is 6.21. The van der Waals surface area contributed by atoms with Crippen molar-refractivity contribution >= 4 is 5.69 Å². The number of hydrogen-bond acceptors (Lipinski definition) is 3. The van der Waals surface area contributed by atoms with Gasteiger partial charge in [-0.15, -0.1) is 0 Å². The average molecular weight is 234 g/mol. The third kappa shape index (κ3) is 2.99. The fourth-order valence-corrected chi connectivity index (χ4v) is 2.31. The molecule has 1 fully saturated rings. The molecule has 0 aliphatic carbocycles. The molecule has 1 heterocycles. The summed E-state index contributed by atoms with van der Waals surface area (Å²) in [7, 11) is 0. The maximum absolute atomic E-state index is 5.76. The average Bonchev–Trinajstić information content (AvgIpc) is 2.60. The highest BCUT2D eigenvalue weighted by molar-refractivity contribution is 5.40. The van der Waals surface area contributed by atoms with Crippen LogP contribution in [0, 0.1) is 0 Å². The van der Waals surface area contributed by atoms with E-state index >= 15 is 0 Å². The molecule has 0 radical (unpaired) electrons. The van der Waals surface area contributed by atoms with Crippen molar-refractivity contribution < 1.29 is 4.74 Å². The van der Waals surface area contributed by atoms with E-state index in [2.05, 4.69) is 25.2 Å². The van der Waals surface area contributed by atoms with E-state index in [1.165, 1.54) is 5.56 Å². The van der Waals surface area contributed by atoms with Crippen molar-refractivity contribution in [2.75, 3.05) is 18.9 Å². The van der Waals surface area contributed by atoms with Gasteiger partial charge >= 0.3 is 0 Å². The molecule has 2 rings (SSSR count). The lowest BCUT2D eigenvalue weighted by molar-refractivity contribution is 0.0890. The SMILES string of the molecule is CC1OCCC1(C)NCCc1cccc(N)c1. The van der Waals surface area contributed by atoms with E-state index < -0.39 is 0 Å². The van der Waals surface area contributed by atoms with Crippen LogP contribution in [0.1, 0.15) is 25.8 Å². The number of rotatable bonds is 4. The Morgan fingerprint density at radius 3 is 3.00 bits per heavy atom. The normalized spacial score (nSPS) is 28.5. The largest absolute Gasteiger partial charge is 0.399 e. The number of hydrogen-bond donors (Lipinski definition) is 2. The summed E-state index contributed by atoms with van der Waals surface area (Å²) in [6, 6.07) is 8.09. The van der Waals surface area contributed by atoms with E-state index in [0.29, 0.717) is 6.10 Å². The molecule has 1 aliphatic heterocycles. The minimum absolute atomic E-state index is 0.125. The van der Waals surface area contributed by atoms with Gasteiger partial charge in [-0.05, 0) is 50.9 Å². The van der Waals surface area contributed by atoms with Gasteiger partial charge in [-0.3, -0.25) is 0 Å². The summed E-state index contributed by atoms with van der Waals surface area (Å²) >= 11 is 0. The molecule has 1 aliphatic rings. The molecule has 0 bridgehead atoms. The molecule has 0 spiro atoms. The Labute approximate surface area is 103 Å². The van der Waals surface area contributed by atoms with Gasteiger partial charge in [0.2, 0.25) is 0 Å². The van der Waals surface area contributed by atoms with E-state index in [4.69, 9.17) is 10.5 Å². The Balaban J connectivity index is 1.83. The minimum atomic E-state index is 0.125. The van der Waals surface area contributed by atoms with Gasteiger partial charge in [0.25, 0.3) is 0 Å². The summed E-state index contributed by atoms with van der Waals surface area (Å²) in [5.74, 6) is 0. The van der Waals surface area contributed by atoms with E-state index in [9.17, 15) is 0 Å². The Morgan fingerprint density at radius 1 is 1.53 bits per heavy atom. The van der Waals surface area contributed by atoms with Crippen LogP contribution in [0.15, 0.2) is 24.3 Å². The predicted molar refractivity (Wildman–Crippen MR) is 71.0 cm³/mol. The van der Waals surface area contributed by atoms with Gasteiger partial charge in [-0.1, -0.05) is 12.1 Å². The Kier molecular flexibility index (Phi) is 3.69.